The Kier molecular flexibility index (Phi) is 4.00. The first-order valence-corrected chi connectivity index (χ1v) is 6.29. The molecule has 1 aliphatic carbocycles. The average molecular weight is 238 g/mol. The van der Waals surface area contributed by atoms with E-state index in [9.17, 15) is 9.50 Å². The van der Waals surface area contributed by atoms with E-state index in [1.54, 1.807) is 12.1 Å². The topological polar surface area (TPSA) is 29.5 Å². The Labute approximate surface area is 101 Å². The molecule has 94 valence electrons. The summed E-state index contributed by atoms with van der Waals surface area (Å²) in [6.45, 7) is 2.16. The molecule has 1 saturated carbocycles. The Balaban J connectivity index is 1.98. The van der Waals surface area contributed by atoms with Gasteiger partial charge in [0.1, 0.15) is 17.7 Å². The van der Waals surface area contributed by atoms with Crippen LogP contribution in [-0.4, -0.2) is 17.3 Å². The van der Waals surface area contributed by atoms with Crippen LogP contribution >= 0.6 is 0 Å². The fraction of sp³-hybridized carbons (Fsp3) is 0.571. The first kappa shape index (κ1) is 12.4. The fourth-order valence-electron chi connectivity index (χ4n) is 2.38. The number of hydrogen-bond donors (Lipinski definition) is 1. The van der Waals surface area contributed by atoms with Gasteiger partial charge in [-0.05, 0) is 49.4 Å². The predicted octanol–water partition coefficient (Wildman–Crippen LogP) is 3.14. The molecule has 1 N–H and O–H groups in total. The third kappa shape index (κ3) is 3.19. The van der Waals surface area contributed by atoms with Gasteiger partial charge in [0, 0.05) is 0 Å². The molecule has 0 heterocycles. The normalized spacial score (nSPS) is 29.0. The van der Waals surface area contributed by atoms with E-state index in [4.69, 9.17) is 4.74 Å². The summed E-state index contributed by atoms with van der Waals surface area (Å²) < 4.78 is 18.5. The SMILES string of the molecule is CCC1CCC(O)C(Oc2ccc(F)cc2)C1. The second kappa shape index (κ2) is 5.50. The van der Waals surface area contributed by atoms with E-state index in [1.165, 1.54) is 12.1 Å². The van der Waals surface area contributed by atoms with Gasteiger partial charge in [-0.1, -0.05) is 13.3 Å². The summed E-state index contributed by atoms with van der Waals surface area (Å²) in [6, 6.07) is 5.97. The number of halogens is 1. The van der Waals surface area contributed by atoms with Crippen LogP contribution in [0, 0.1) is 11.7 Å². The lowest BCUT2D eigenvalue weighted by molar-refractivity contribution is -0.0109. The highest BCUT2D eigenvalue weighted by Gasteiger charge is 2.29. The Bertz CT molecular complexity index is 350. The first-order valence-electron chi connectivity index (χ1n) is 6.29. The van der Waals surface area contributed by atoms with Crippen LogP contribution in [-0.2, 0) is 0 Å². The zero-order valence-corrected chi connectivity index (χ0v) is 10.1. The van der Waals surface area contributed by atoms with Crippen molar-refractivity contribution in [1.82, 2.24) is 0 Å². The lowest BCUT2D eigenvalue weighted by Gasteiger charge is -2.33. The van der Waals surface area contributed by atoms with Crippen LogP contribution in [0.5, 0.6) is 5.75 Å². The Hall–Kier alpha value is -1.09. The number of hydrogen-bond acceptors (Lipinski definition) is 2. The van der Waals surface area contributed by atoms with Crippen molar-refractivity contribution in [2.45, 2.75) is 44.8 Å². The van der Waals surface area contributed by atoms with E-state index in [0.717, 1.165) is 25.7 Å². The maximum Gasteiger partial charge on any atom is 0.125 e. The molecule has 3 atom stereocenters. The van der Waals surface area contributed by atoms with Crippen molar-refractivity contribution < 1.29 is 14.2 Å². The molecule has 1 aromatic carbocycles. The van der Waals surface area contributed by atoms with Gasteiger partial charge in [-0.3, -0.25) is 0 Å². The summed E-state index contributed by atoms with van der Waals surface area (Å²) in [7, 11) is 0. The average Bonchev–Trinajstić information content (AvgIpc) is 2.35. The van der Waals surface area contributed by atoms with E-state index < -0.39 is 6.10 Å². The second-order valence-electron chi connectivity index (χ2n) is 4.76. The van der Waals surface area contributed by atoms with Gasteiger partial charge in [-0.15, -0.1) is 0 Å². The van der Waals surface area contributed by atoms with Crippen LogP contribution in [0.15, 0.2) is 24.3 Å². The van der Waals surface area contributed by atoms with Crippen LogP contribution < -0.4 is 4.74 Å². The van der Waals surface area contributed by atoms with Crippen molar-refractivity contribution in [2.24, 2.45) is 5.92 Å². The standard InChI is InChI=1S/C14H19FO2/c1-2-10-3-8-13(16)14(9-10)17-12-6-4-11(15)5-7-12/h4-7,10,13-14,16H,2-3,8-9H2,1H3. The molecular formula is C14H19FO2. The highest BCUT2D eigenvalue weighted by Crippen LogP contribution is 2.29. The van der Waals surface area contributed by atoms with Crippen molar-refractivity contribution in [2.75, 3.05) is 0 Å². The second-order valence-corrected chi connectivity index (χ2v) is 4.76. The van der Waals surface area contributed by atoms with Crippen molar-refractivity contribution in [3.63, 3.8) is 0 Å². The molecule has 1 aliphatic rings. The molecule has 0 saturated heterocycles. The van der Waals surface area contributed by atoms with Gasteiger partial charge in [0.15, 0.2) is 0 Å². The van der Waals surface area contributed by atoms with E-state index in [0.29, 0.717) is 11.7 Å². The van der Waals surface area contributed by atoms with Crippen molar-refractivity contribution in [3.8, 4) is 5.75 Å². The summed E-state index contributed by atoms with van der Waals surface area (Å²) >= 11 is 0. The Morgan fingerprint density at radius 3 is 2.65 bits per heavy atom. The van der Waals surface area contributed by atoms with Crippen LogP contribution in [0.1, 0.15) is 32.6 Å². The van der Waals surface area contributed by atoms with Gasteiger partial charge in [-0.2, -0.15) is 0 Å². The van der Waals surface area contributed by atoms with Crippen molar-refractivity contribution in [1.29, 1.82) is 0 Å². The van der Waals surface area contributed by atoms with E-state index in [-0.39, 0.29) is 11.9 Å². The molecule has 1 aromatic rings. The molecule has 17 heavy (non-hydrogen) atoms. The largest absolute Gasteiger partial charge is 0.488 e. The van der Waals surface area contributed by atoms with Gasteiger partial charge in [-0.25, -0.2) is 4.39 Å². The van der Waals surface area contributed by atoms with Crippen LogP contribution in [0.3, 0.4) is 0 Å². The third-order valence-corrected chi connectivity index (χ3v) is 3.54. The molecule has 0 bridgehead atoms. The summed E-state index contributed by atoms with van der Waals surface area (Å²) in [5.41, 5.74) is 0. The van der Waals surface area contributed by atoms with Crippen LogP contribution in [0.4, 0.5) is 4.39 Å². The van der Waals surface area contributed by atoms with Gasteiger partial charge < -0.3 is 9.84 Å². The number of benzene rings is 1. The van der Waals surface area contributed by atoms with E-state index >= 15 is 0 Å². The lowest BCUT2D eigenvalue weighted by Crippen LogP contribution is -2.38. The molecule has 0 radical (unpaired) electrons. The summed E-state index contributed by atoms with van der Waals surface area (Å²) in [6.07, 6.45) is 3.32. The molecular weight excluding hydrogens is 219 g/mol. The fourth-order valence-corrected chi connectivity index (χ4v) is 2.38. The number of aliphatic hydroxyl groups is 1. The van der Waals surface area contributed by atoms with Crippen LogP contribution in [0.25, 0.3) is 0 Å². The maximum atomic E-state index is 12.8. The molecule has 2 nitrogen and oxygen atoms in total. The van der Waals surface area contributed by atoms with E-state index in [2.05, 4.69) is 6.92 Å². The quantitative estimate of drug-likeness (QED) is 0.876. The number of aliphatic hydroxyl groups excluding tert-OH is 1. The maximum absolute atomic E-state index is 12.8. The molecule has 0 spiro atoms. The molecule has 0 aromatic heterocycles. The highest BCUT2D eigenvalue weighted by atomic mass is 19.1. The van der Waals surface area contributed by atoms with Crippen molar-refractivity contribution >= 4 is 0 Å². The smallest absolute Gasteiger partial charge is 0.125 e. The lowest BCUT2D eigenvalue weighted by atomic mass is 9.84. The molecule has 3 unspecified atom stereocenters. The summed E-state index contributed by atoms with van der Waals surface area (Å²) in [5, 5.41) is 9.90. The minimum atomic E-state index is -0.400. The molecule has 0 amide bonds. The summed E-state index contributed by atoms with van der Waals surface area (Å²) in [4.78, 5) is 0. The van der Waals surface area contributed by atoms with Gasteiger partial charge in [0.2, 0.25) is 0 Å². The van der Waals surface area contributed by atoms with Crippen LogP contribution in [0.2, 0.25) is 0 Å². The van der Waals surface area contributed by atoms with Gasteiger partial charge in [0.25, 0.3) is 0 Å². The van der Waals surface area contributed by atoms with Crippen molar-refractivity contribution in [3.05, 3.63) is 30.1 Å². The molecule has 0 aliphatic heterocycles. The monoisotopic (exact) mass is 238 g/mol. The minimum absolute atomic E-state index is 0.154. The minimum Gasteiger partial charge on any atom is -0.488 e. The third-order valence-electron chi connectivity index (χ3n) is 3.54. The van der Waals surface area contributed by atoms with E-state index in [1.807, 2.05) is 0 Å². The summed E-state index contributed by atoms with van der Waals surface area (Å²) in [5.74, 6) is 0.990. The predicted molar refractivity (Wildman–Crippen MR) is 64.5 cm³/mol. The number of ether oxygens (including phenoxy) is 1. The number of rotatable bonds is 3. The molecule has 3 heteroatoms. The highest BCUT2D eigenvalue weighted by molar-refractivity contribution is 5.22. The Morgan fingerprint density at radius 2 is 2.00 bits per heavy atom. The zero-order valence-electron chi connectivity index (χ0n) is 10.1. The van der Waals surface area contributed by atoms with Gasteiger partial charge >= 0.3 is 0 Å². The molecule has 1 fully saturated rings. The molecule has 2 rings (SSSR count). The zero-order chi connectivity index (χ0) is 12.3. The van der Waals surface area contributed by atoms with Gasteiger partial charge in [0.05, 0.1) is 6.10 Å². The first-order chi connectivity index (χ1) is 8.19. The Morgan fingerprint density at radius 1 is 1.29 bits per heavy atom.